The van der Waals surface area contributed by atoms with E-state index in [0.717, 1.165) is 17.0 Å². The molecule has 1 aromatic carbocycles. The number of benzene rings is 1. The standard InChI is InChI=1S/C13H18ClN5S/c1-13(2,3)15-8-9-5-6-11(10(14)7-9)20-12-16-17-18-19(12)4/h5-7,15H,8H2,1-4H3. The zero-order valence-corrected chi connectivity index (χ0v) is 13.6. The zero-order valence-electron chi connectivity index (χ0n) is 12.0. The summed E-state index contributed by atoms with van der Waals surface area (Å²) in [4.78, 5) is 0.948. The Balaban J connectivity index is 2.08. The molecule has 20 heavy (non-hydrogen) atoms. The first kappa shape index (κ1) is 15.3. The largest absolute Gasteiger partial charge is 0.308 e. The van der Waals surface area contributed by atoms with Crippen LogP contribution in [0.15, 0.2) is 28.3 Å². The second-order valence-corrected chi connectivity index (χ2v) is 6.97. The van der Waals surface area contributed by atoms with Gasteiger partial charge in [0.05, 0.1) is 5.02 Å². The molecular weight excluding hydrogens is 294 g/mol. The molecular formula is C13H18ClN5S. The lowest BCUT2D eigenvalue weighted by Gasteiger charge is -2.20. The predicted octanol–water partition coefficient (Wildman–Crippen LogP) is 2.90. The van der Waals surface area contributed by atoms with Crippen molar-refractivity contribution >= 4 is 23.4 Å². The van der Waals surface area contributed by atoms with Gasteiger partial charge in [0.2, 0.25) is 5.16 Å². The Bertz CT molecular complexity index is 591. The molecule has 108 valence electrons. The molecule has 0 fully saturated rings. The summed E-state index contributed by atoms with van der Waals surface area (Å²) in [5, 5.41) is 16.2. The third-order valence-corrected chi connectivity index (χ3v) is 4.13. The first-order valence-corrected chi connectivity index (χ1v) is 7.48. The molecule has 1 heterocycles. The molecule has 0 bridgehead atoms. The van der Waals surface area contributed by atoms with Gasteiger partial charge in [0.15, 0.2) is 0 Å². The fourth-order valence-corrected chi connectivity index (χ4v) is 2.56. The number of aromatic nitrogens is 4. The van der Waals surface area contributed by atoms with Gasteiger partial charge in [-0.15, -0.1) is 5.10 Å². The zero-order chi connectivity index (χ0) is 14.8. The third-order valence-electron chi connectivity index (χ3n) is 2.60. The van der Waals surface area contributed by atoms with Crippen LogP contribution in [0.25, 0.3) is 0 Å². The number of hydrogen-bond acceptors (Lipinski definition) is 5. The van der Waals surface area contributed by atoms with Crippen LogP contribution in [-0.4, -0.2) is 25.7 Å². The SMILES string of the molecule is Cn1nnnc1Sc1ccc(CNC(C)(C)C)cc1Cl. The molecule has 0 atom stereocenters. The van der Waals surface area contributed by atoms with Crippen molar-refractivity contribution in [3.8, 4) is 0 Å². The topological polar surface area (TPSA) is 55.6 Å². The lowest BCUT2D eigenvalue weighted by molar-refractivity contribution is 0.424. The molecule has 0 spiro atoms. The van der Waals surface area contributed by atoms with E-state index in [-0.39, 0.29) is 5.54 Å². The minimum Gasteiger partial charge on any atom is -0.308 e. The second kappa shape index (κ2) is 6.11. The number of hydrogen-bond donors (Lipinski definition) is 1. The highest BCUT2D eigenvalue weighted by Crippen LogP contribution is 2.32. The number of tetrazole rings is 1. The van der Waals surface area contributed by atoms with Crippen LogP contribution in [0.4, 0.5) is 0 Å². The lowest BCUT2D eigenvalue weighted by atomic mass is 10.1. The Morgan fingerprint density at radius 3 is 2.65 bits per heavy atom. The normalized spacial score (nSPS) is 11.8. The van der Waals surface area contributed by atoms with Crippen molar-refractivity contribution in [3.05, 3.63) is 28.8 Å². The molecule has 0 radical (unpaired) electrons. The van der Waals surface area contributed by atoms with Crippen LogP contribution >= 0.6 is 23.4 Å². The van der Waals surface area contributed by atoms with E-state index < -0.39 is 0 Å². The Morgan fingerprint density at radius 2 is 2.10 bits per heavy atom. The van der Waals surface area contributed by atoms with E-state index in [1.54, 1.807) is 11.7 Å². The quantitative estimate of drug-likeness (QED) is 0.941. The molecule has 0 aliphatic rings. The highest BCUT2D eigenvalue weighted by atomic mass is 35.5. The summed E-state index contributed by atoms with van der Waals surface area (Å²) in [6.07, 6.45) is 0. The average Bonchev–Trinajstić information content (AvgIpc) is 2.75. The maximum Gasteiger partial charge on any atom is 0.213 e. The Kier molecular flexibility index (Phi) is 4.67. The van der Waals surface area contributed by atoms with Crippen LogP contribution in [0.5, 0.6) is 0 Å². The lowest BCUT2D eigenvalue weighted by Crippen LogP contribution is -2.35. The van der Waals surface area contributed by atoms with Crippen LogP contribution in [-0.2, 0) is 13.6 Å². The summed E-state index contributed by atoms with van der Waals surface area (Å²) in [5.41, 5.74) is 1.25. The van der Waals surface area contributed by atoms with Gasteiger partial charge in [0, 0.05) is 24.0 Å². The number of aryl methyl sites for hydroxylation is 1. The summed E-state index contributed by atoms with van der Waals surface area (Å²) in [6.45, 7) is 7.21. The molecule has 7 heteroatoms. The van der Waals surface area contributed by atoms with E-state index in [9.17, 15) is 0 Å². The fraction of sp³-hybridized carbons (Fsp3) is 0.462. The molecule has 0 aliphatic heterocycles. The molecule has 0 saturated heterocycles. The molecule has 2 aromatic rings. The van der Waals surface area contributed by atoms with Gasteiger partial charge in [0.25, 0.3) is 0 Å². The number of nitrogens with zero attached hydrogens (tertiary/aromatic N) is 4. The van der Waals surface area contributed by atoms with E-state index in [0.29, 0.717) is 10.2 Å². The molecule has 1 N–H and O–H groups in total. The molecule has 0 saturated carbocycles. The van der Waals surface area contributed by atoms with Crippen LogP contribution in [0.3, 0.4) is 0 Å². The Labute approximate surface area is 128 Å². The van der Waals surface area contributed by atoms with Crippen molar-refractivity contribution in [1.29, 1.82) is 0 Å². The van der Waals surface area contributed by atoms with Crippen LogP contribution < -0.4 is 5.32 Å². The molecule has 2 rings (SSSR count). The molecule has 0 unspecified atom stereocenters. The maximum atomic E-state index is 6.32. The van der Waals surface area contributed by atoms with Gasteiger partial charge in [-0.25, -0.2) is 4.68 Å². The van der Waals surface area contributed by atoms with E-state index >= 15 is 0 Å². The summed E-state index contributed by atoms with van der Waals surface area (Å²) in [6, 6.07) is 6.05. The monoisotopic (exact) mass is 311 g/mol. The Morgan fingerprint density at radius 1 is 1.35 bits per heavy atom. The van der Waals surface area contributed by atoms with Crippen molar-refractivity contribution < 1.29 is 0 Å². The van der Waals surface area contributed by atoms with E-state index in [2.05, 4.69) is 47.7 Å². The van der Waals surface area contributed by atoms with Crippen LogP contribution in [0, 0.1) is 0 Å². The first-order valence-electron chi connectivity index (χ1n) is 6.29. The maximum absolute atomic E-state index is 6.32. The first-order chi connectivity index (χ1) is 9.35. The second-order valence-electron chi connectivity index (χ2n) is 5.56. The number of nitrogens with one attached hydrogen (secondary N) is 1. The van der Waals surface area contributed by atoms with Gasteiger partial charge >= 0.3 is 0 Å². The molecule has 5 nitrogen and oxygen atoms in total. The summed E-state index contributed by atoms with van der Waals surface area (Å²) in [7, 11) is 1.80. The van der Waals surface area contributed by atoms with Gasteiger partial charge in [-0.2, -0.15) is 0 Å². The van der Waals surface area contributed by atoms with Gasteiger partial charge in [-0.3, -0.25) is 0 Å². The minimum absolute atomic E-state index is 0.0875. The summed E-state index contributed by atoms with van der Waals surface area (Å²) in [5.74, 6) is 0. The highest BCUT2D eigenvalue weighted by Gasteiger charge is 2.11. The smallest absolute Gasteiger partial charge is 0.213 e. The average molecular weight is 312 g/mol. The van der Waals surface area contributed by atoms with Crippen molar-refractivity contribution in [3.63, 3.8) is 0 Å². The van der Waals surface area contributed by atoms with Crippen molar-refractivity contribution in [2.45, 2.75) is 42.9 Å². The molecule has 0 aliphatic carbocycles. The van der Waals surface area contributed by atoms with Crippen molar-refractivity contribution in [2.75, 3.05) is 0 Å². The van der Waals surface area contributed by atoms with Crippen molar-refractivity contribution in [2.24, 2.45) is 7.05 Å². The summed E-state index contributed by atoms with van der Waals surface area (Å²) >= 11 is 7.78. The minimum atomic E-state index is 0.0875. The van der Waals surface area contributed by atoms with Crippen molar-refractivity contribution in [1.82, 2.24) is 25.5 Å². The van der Waals surface area contributed by atoms with E-state index in [1.807, 2.05) is 12.1 Å². The highest BCUT2D eigenvalue weighted by molar-refractivity contribution is 7.99. The molecule has 0 amide bonds. The third kappa shape index (κ3) is 4.19. The number of halogens is 1. The molecule has 1 aromatic heterocycles. The number of rotatable bonds is 4. The van der Waals surface area contributed by atoms with E-state index in [1.165, 1.54) is 11.8 Å². The van der Waals surface area contributed by atoms with Gasteiger partial charge in [-0.05, 0) is 60.7 Å². The van der Waals surface area contributed by atoms with Gasteiger partial charge < -0.3 is 5.32 Å². The van der Waals surface area contributed by atoms with Crippen LogP contribution in [0.1, 0.15) is 26.3 Å². The van der Waals surface area contributed by atoms with Gasteiger partial charge in [-0.1, -0.05) is 17.7 Å². The van der Waals surface area contributed by atoms with E-state index in [4.69, 9.17) is 11.6 Å². The predicted molar refractivity (Wildman–Crippen MR) is 81.0 cm³/mol. The van der Waals surface area contributed by atoms with Crippen LogP contribution in [0.2, 0.25) is 5.02 Å². The summed E-state index contributed by atoms with van der Waals surface area (Å²) < 4.78 is 1.62. The fourth-order valence-electron chi connectivity index (χ4n) is 1.51. The Hall–Kier alpha value is -1.11. The van der Waals surface area contributed by atoms with Gasteiger partial charge in [0.1, 0.15) is 0 Å².